The third-order valence-electron chi connectivity index (χ3n) is 3.16. The van der Waals surface area contributed by atoms with Gasteiger partial charge in [-0.25, -0.2) is 9.97 Å². The molecular formula is C13H19N3O2. The van der Waals surface area contributed by atoms with Crippen molar-refractivity contribution < 1.29 is 9.90 Å². The molecule has 1 aromatic rings. The Morgan fingerprint density at radius 2 is 2.17 bits per heavy atom. The molecule has 18 heavy (non-hydrogen) atoms. The van der Waals surface area contributed by atoms with Crippen molar-refractivity contribution in [2.24, 2.45) is 5.92 Å². The summed E-state index contributed by atoms with van der Waals surface area (Å²) in [6, 6.07) is 2.00. The third kappa shape index (κ3) is 2.78. The molecule has 1 saturated heterocycles. The van der Waals surface area contributed by atoms with E-state index in [0.29, 0.717) is 5.92 Å². The van der Waals surface area contributed by atoms with Gasteiger partial charge in [0.2, 0.25) is 5.95 Å². The van der Waals surface area contributed by atoms with E-state index in [0.717, 1.165) is 30.4 Å². The summed E-state index contributed by atoms with van der Waals surface area (Å²) in [5.74, 6) is 0.615. The lowest BCUT2D eigenvalue weighted by Gasteiger charge is -2.38. The van der Waals surface area contributed by atoms with Crippen molar-refractivity contribution in [2.45, 2.75) is 33.1 Å². The van der Waals surface area contributed by atoms with Crippen LogP contribution in [0.2, 0.25) is 0 Å². The van der Waals surface area contributed by atoms with Crippen molar-refractivity contribution in [2.75, 3.05) is 18.0 Å². The Labute approximate surface area is 107 Å². The highest BCUT2D eigenvalue weighted by molar-refractivity contribution is 5.67. The van der Waals surface area contributed by atoms with Crippen LogP contribution in [0, 0.1) is 12.8 Å². The number of aryl methyl sites for hydroxylation is 1. The maximum atomic E-state index is 10.6. The minimum Gasteiger partial charge on any atom is -0.481 e. The molecule has 2 heterocycles. The molecule has 0 spiro atoms. The zero-order chi connectivity index (χ0) is 13.3. The molecule has 0 amide bonds. The highest BCUT2D eigenvalue weighted by Crippen LogP contribution is 2.25. The van der Waals surface area contributed by atoms with E-state index < -0.39 is 5.97 Å². The number of carboxylic acids is 1. The summed E-state index contributed by atoms with van der Waals surface area (Å²) >= 11 is 0. The average Bonchev–Trinajstić information content (AvgIpc) is 2.21. The molecule has 5 heteroatoms. The van der Waals surface area contributed by atoms with Gasteiger partial charge in [-0.1, -0.05) is 13.8 Å². The smallest absolute Gasteiger partial charge is 0.303 e. The van der Waals surface area contributed by atoms with Crippen LogP contribution in [0.5, 0.6) is 0 Å². The Kier molecular flexibility index (Phi) is 3.50. The van der Waals surface area contributed by atoms with E-state index in [-0.39, 0.29) is 12.3 Å². The van der Waals surface area contributed by atoms with E-state index in [4.69, 9.17) is 5.11 Å². The molecule has 98 valence electrons. The molecule has 1 aliphatic heterocycles. The maximum absolute atomic E-state index is 10.6. The van der Waals surface area contributed by atoms with Crippen molar-refractivity contribution in [3.05, 3.63) is 17.5 Å². The molecule has 0 unspecified atom stereocenters. The minimum atomic E-state index is -0.729. The molecule has 0 bridgehead atoms. The van der Waals surface area contributed by atoms with Crippen molar-refractivity contribution in [3.63, 3.8) is 0 Å². The van der Waals surface area contributed by atoms with Crippen LogP contribution < -0.4 is 4.90 Å². The number of carbonyl (C=O) groups is 1. The molecule has 2 rings (SSSR count). The van der Waals surface area contributed by atoms with Crippen LogP contribution in [0.3, 0.4) is 0 Å². The first-order valence-electron chi connectivity index (χ1n) is 6.28. The third-order valence-corrected chi connectivity index (χ3v) is 3.16. The summed E-state index contributed by atoms with van der Waals surface area (Å²) in [7, 11) is 0. The second kappa shape index (κ2) is 4.92. The average molecular weight is 249 g/mol. The lowest BCUT2D eigenvalue weighted by Crippen LogP contribution is -2.48. The monoisotopic (exact) mass is 249 g/mol. The first kappa shape index (κ1) is 12.8. The fourth-order valence-corrected chi connectivity index (χ4v) is 2.12. The molecule has 0 atom stereocenters. The van der Waals surface area contributed by atoms with Gasteiger partial charge in [0.15, 0.2) is 0 Å². The Balaban J connectivity index is 2.05. The summed E-state index contributed by atoms with van der Waals surface area (Å²) in [5.41, 5.74) is 2.00. The minimum absolute atomic E-state index is 0.231. The predicted molar refractivity (Wildman–Crippen MR) is 68.8 cm³/mol. The summed E-state index contributed by atoms with van der Waals surface area (Å²) in [6.07, 6.45) is 0.235. The number of anilines is 1. The van der Waals surface area contributed by atoms with Crippen LogP contribution in [-0.4, -0.2) is 34.1 Å². The lowest BCUT2D eigenvalue weighted by molar-refractivity contribution is -0.138. The van der Waals surface area contributed by atoms with Gasteiger partial charge in [-0.3, -0.25) is 4.79 Å². The number of hydrogen-bond acceptors (Lipinski definition) is 4. The molecular weight excluding hydrogens is 230 g/mol. The van der Waals surface area contributed by atoms with Crippen LogP contribution >= 0.6 is 0 Å². The first-order chi connectivity index (χ1) is 8.45. The zero-order valence-electron chi connectivity index (χ0n) is 11.1. The topological polar surface area (TPSA) is 66.3 Å². The van der Waals surface area contributed by atoms with E-state index in [1.807, 2.05) is 17.9 Å². The van der Waals surface area contributed by atoms with Gasteiger partial charge in [-0.05, 0) is 18.9 Å². The molecule has 1 aromatic heterocycles. The van der Waals surface area contributed by atoms with E-state index in [2.05, 4.69) is 23.8 Å². The highest BCUT2D eigenvalue weighted by Gasteiger charge is 2.30. The van der Waals surface area contributed by atoms with Crippen molar-refractivity contribution >= 4 is 11.9 Å². The fourth-order valence-electron chi connectivity index (χ4n) is 2.12. The van der Waals surface area contributed by atoms with E-state index in [1.54, 1.807) is 0 Å². The molecule has 1 N–H and O–H groups in total. The van der Waals surface area contributed by atoms with Gasteiger partial charge >= 0.3 is 5.97 Å². The van der Waals surface area contributed by atoms with Gasteiger partial charge < -0.3 is 10.0 Å². The van der Waals surface area contributed by atoms with Crippen molar-refractivity contribution in [3.8, 4) is 0 Å². The normalized spacial score (nSPS) is 15.9. The second-order valence-electron chi connectivity index (χ2n) is 5.26. The van der Waals surface area contributed by atoms with Gasteiger partial charge in [-0.2, -0.15) is 0 Å². The van der Waals surface area contributed by atoms with Crippen LogP contribution in [0.1, 0.15) is 37.6 Å². The van der Waals surface area contributed by atoms with E-state index in [9.17, 15) is 4.79 Å². The van der Waals surface area contributed by atoms with Gasteiger partial charge in [0.25, 0.3) is 0 Å². The van der Waals surface area contributed by atoms with Gasteiger partial charge in [0, 0.05) is 30.4 Å². The van der Waals surface area contributed by atoms with E-state index in [1.165, 1.54) is 0 Å². The predicted octanol–water partition coefficient (Wildman–Crippen LogP) is 1.82. The number of hydrogen-bond donors (Lipinski definition) is 1. The SMILES string of the molecule is Cc1cc(C(C)C)nc(N2CC(CC(=O)O)C2)n1. The Morgan fingerprint density at radius 1 is 1.50 bits per heavy atom. The van der Waals surface area contributed by atoms with Gasteiger partial charge in [0.1, 0.15) is 0 Å². The van der Waals surface area contributed by atoms with Crippen LogP contribution in [-0.2, 0) is 4.79 Å². The van der Waals surface area contributed by atoms with Crippen LogP contribution in [0.4, 0.5) is 5.95 Å². The molecule has 5 nitrogen and oxygen atoms in total. The molecule has 1 fully saturated rings. The van der Waals surface area contributed by atoms with Gasteiger partial charge in [-0.15, -0.1) is 0 Å². The number of rotatable bonds is 4. The number of aromatic nitrogens is 2. The fraction of sp³-hybridized carbons (Fsp3) is 0.615. The highest BCUT2D eigenvalue weighted by atomic mass is 16.4. The summed E-state index contributed by atoms with van der Waals surface area (Å²) in [5, 5.41) is 8.72. The lowest BCUT2D eigenvalue weighted by atomic mass is 9.97. The first-order valence-corrected chi connectivity index (χ1v) is 6.28. The van der Waals surface area contributed by atoms with Crippen LogP contribution in [0.15, 0.2) is 6.07 Å². The Morgan fingerprint density at radius 3 is 2.72 bits per heavy atom. The maximum Gasteiger partial charge on any atom is 0.303 e. The molecule has 0 aliphatic carbocycles. The second-order valence-corrected chi connectivity index (χ2v) is 5.26. The standard InChI is InChI=1S/C13H19N3O2/c1-8(2)11-4-9(3)14-13(15-11)16-6-10(7-16)5-12(17)18/h4,8,10H,5-7H2,1-3H3,(H,17,18). The summed E-state index contributed by atoms with van der Waals surface area (Å²) in [6.45, 7) is 7.66. The van der Waals surface area contributed by atoms with Crippen molar-refractivity contribution in [1.29, 1.82) is 0 Å². The molecule has 0 aromatic carbocycles. The molecule has 0 radical (unpaired) electrons. The molecule has 1 aliphatic rings. The van der Waals surface area contributed by atoms with Crippen LogP contribution in [0.25, 0.3) is 0 Å². The number of nitrogens with zero attached hydrogens (tertiary/aromatic N) is 3. The van der Waals surface area contributed by atoms with E-state index >= 15 is 0 Å². The summed E-state index contributed by atoms with van der Waals surface area (Å²) in [4.78, 5) is 21.6. The van der Waals surface area contributed by atoms with Crippen molar-refractivity contribution in [1.82, 2.24) is 9.97 Å². The largest absolute Gasteiger partial charge is 0.481 e. The Hall–Kier alpha value is -1.65. The number of carboxylic acid groups (broad SMARTS) is 1. The zero-order valence-corrected chi connectivity index (χ0v) is 11.1. The Bertz CT molecular complexity index is 454. The summed E-state index contributed by atoms with van der Waals surface area (Å²) < 4.78 is 0. The number of aliphatic carboxylic acids is 1. The van der Waals surface area contributed by atoms with Gasteiger partial charge in [0.05, 0.1) is 6.42 Å². The quantitative estimate of drug-likeness (QED) is 0.881. The molecule has 0 saturated carbocycles.